The topological polar surface area (TPSA) is 110 Å². The predicted molar refractivity (Wildman–Crippen MR) is 107 cm³/mol. The molecule has 29 heavy (non-hydrogen) atoms. The third kappa shape index (κ3) is 5.35. The van der Waals surface area contributed by atoms with E-state index in [1.807, 2.05) is 0 Å². The van der Waals surface area contributed by atoms with Crippen molar-refractivity contribution in [3.63, 3.8) is 0 Å². The molecule has 2 atom stereocenters. The summed E-state index contributed by atoms with van der Waals surface area (Å²) in [5, 5.41) is 0. The summed E-state index contributed by atoms with van der Waals surface area (Å²) < 4.78 is 30.1. The highest BCUT2D eigenvalue weighted by Crippen LogP contribution is 2.30. The average molecular weight is 423 g/mol. The maximum Gasteiger partial charge on any atom is 0.311 e. The van der Waals surface area contributed by atoms with Crippen LogP contribution in [0.15, 0.2) is 24.3 Å². The van der Waals surface area contributed by atoms with Crippen LogP contribution in [0.4, 0.5) is 5.69 Å². The molecular formula is C20H26N2O6S. The van der Waals surface area contributed by atoms with E-state index in [1.165, 1.54) is 31.2 Å². The highest BCUT2D eigenvalue weighted by Gasteiger charge is 2.40. The number of nitrogens with one attached hydrogen (secondary N) is 1. The number of hydrogen-bond acceptors (Lipinski definition) is 6. The van der Waals surface area contributed by atoms with Gasteiger partial charge in [-0.3, -0.25) is 19.1 Å². The fourth-order valence-corrected chi connectivity index (χ4v) is 4.50. The van der Waals surface area contributed by atoms with Crippen LogP contribution in [-0.2, 0) is 24.3 Å². The number of amides is 1. The van der Waals surface area contributed by atoms with Gasteiger partial charge in [-0.1, -0.05) is 12.8 Å². The molecule has 1 aliphatic heterocycles. The number of likely N-dealkylation sites (tertiary alicyclic amines) is 1. The number of ketones is 1. The zero-order chi connectivity index (χ0) is 21.2. The summed E-state index contributed by atoms with van der Waals surface area (Å²) in [5.41, 5.74) is 0.643. The normalized spacial score (nSPS) is 21.2. The van der Waals surface area contributed by atoms with Crippen molar-refractivity contribution in [2.24, 2.45) is 5.92 Å². The molecule has 0 unspecified atom stereocenters. The second-order valence-corrected chi connectivity index (χ2v) is 9.53. The molecule has 0 spiro atoms. The summed E-state index contributed by atoms with van der Waals surface area (Å²) in [7, 11) is -3.40. The summed E-state index contributed by atoms with van der Waals surface area (Å²) >= 11 is 0. The Hall–Kier alpha value is -2.42. The van der Waals surface area contributed by atoms with Crippen molar-refractivity contribution in [2.75, 3.05) is 17.5 Å². The predicted octanol–water partition coefficient (Wildman–Crippen LogP) is 1.96. The number of benzene rings is 1. The number of carbonyl (C=O) groups excluding carboxylic acids is 3. The minimum atomic E-state index is -3.40. The highest BCUT2D eigenvalue weighted by molar-refractivity contribution is 7.92. The molecule has 158 valence electrons. The van der Waals surface area contributed by atoms with Gasteiger partial charge in [-0.2, -0.15) is 0 Å². The number of carbonyl (C=O) groups is 3. The lowest BCUT2D eigenvalue weighted by molar-refractivity contribution is -0.151. The van der Waals surface area contributed by atoms with E-state index >= 15 is 0 Å². The van der Waals surface area contributed by atoms with Gasteiger partial charge in [0.25, 0.3) is 0 Å². The minimum Gasteiger partial charge on any atom is -0.454 e. The van der Waals surface area contributed by atoms with Gasteiger partial charge in [-0.05, 0) is 44.0 Å². The van der Waals surface area contributed by atoms with Gasteiger partial charge in [0.2, 0.25) is 21.7 Å². The third-order valence-electron chi connectivity index (χ3n) is 5.39. The van der Waals surface area contributed by atoms with Crippen LogP contribution in [0.2, 0.25) is 0 Å². The lowest BCUT2D eigenvalue weighted by Gasteiger charge is -2.24. The molecule has 0 aromatic heterocycles. The fraction of sp³-hybridized carbons (Fsp3) is 0.550. The molecule has 9 heteroatoms. The van der Waals surface area contributed by atoms with Crippen molar-refractivity contribution < 1.29 is 27.5 Å². The maximum absolute atomic E-state index is 12.5. The van der Waals surface area contributed by atoms with Gasteiger partial charge in [-0.25, -0.2) is 8.42 Å². The molecule has 3 rings (SSSR count). The van der Waals surface area contributed by atoms with Crippen molar-refractivity contribution in [3.05, 3.63) is 29.8 Å². The van der Waals surface area contributed by atoms with Crippen LogP contribution in [0.5, 0.6) is 0 Å². The Morgan fingerprint density at radius 2 is 1.79 bits per heavy atom. The first-order chi connectivity index (χ1) is 13.6. The molecule has 1 saturated heterocycles. The average Bonchev–Trinajstić information content (AvgIpc) is 3.29. The number of anilines is 1. The summed E-state index contributed by atoms with van der Waals surface area (Å²) in [6.45, 7) is 1.85. The van der Waals surface area contributed by atoms with E-state index in [9.17, 15) is 22.8 Å². The van der Waals surface area contributed by atoms with E-state index in [2.05, 4.69) is 4.72 Å². The summed E-state index contributed by atoms with van der Waals surface area (Å²) in [4.78, 5) is 39.1. The maximum atomic E-state index is 12.5. The number of Topliss-reactive ketones (excluding diaryl/α,β-unsaturated/α-hetero) is 1. The molecule has 1 amide bonds. The van der Waals surface area contributed by atoms with Gasteiger partial charge >= 0.3 is 5.97 Å². The van der Waals surface area contributed by atoms with Crippen LogP contribution < -0.4 is 4.72 Å². The Morgan fingerprint density at radius 1 is 1.17 bits per heavy atom. The molecule has 1 aromatic carbocycles. The van der Waals surface area contributed by atoms with E-state index < -0.39 is 28.0 Å². The van der Waals surface area contributed by atoms with Crippen LogP contribution >= 0.6 is 0 Å². The van der Waals surface area contributed by atoms with E-state index in [0.29, 0.717) is 17.8 Å². The van der Waals surface area contributed by atoms with Crippen molar-refractivity contribution >= 4 is 33.4 Å². The Balaban J connectivity index is 1.56. The van der Waals surface area contributed by atoms with Gasteiger partial charge in [-0.15, -0.1) is 0 Å². The molecule has 1 saturated carbocycles. The molecule has 8 nitrogen and oxygen atoms in total. The Morgan fingerprint density at radius 3 is 2.38 bits per heavy atom. The van der Waals surface area contributed by atoms with Crippen molar-refractivity contribution in [2.45, 2.75) is 51.2 Å². The smallest absolute Gasteiger partial charge is 0.311 e. The number of sulfonamides is 1. The second kappa shape index (κ2) is 8.52. The number of esters is 1. The standard InChI is InChI=1S/C20H26N2O6S/c1-13(19(24)14-7-9-16(10-8-14)21-29(2,26)27)28-20(25)15-11-18(23)22(12-15)17-5-3-4-6-17/h7-10,13,15,17,21H,3-6,11-12H2,1-2H3/t13-,15-/m0/s1. The lowest BCUT2D eigenvalue weighted by Crippen LogP contribution is -2.35. The second-order valence-electron chi connectivity index (χ2n) is 7.78. The molecule has 0 radical (unpaired) electrons. The summed E-state index contributed by atoms with van der Waals surface area (Å²) in [5.74, 6) is -1.48. The molecule has 1 aromatic rings. The molecule has 2 aliphatic rings. The summed E-state index contributed by atoms with van der Waals surface area (Å²) in [6.07, 6.45) is 4.34. The van der Waals surface area contributed by atoms with Crippen molar-refractivity contribution in [1.82, 2.24) is 4.90 Å². The molecule has 0 bridgehead atoms. The van der Waals surface area contributed by atoms with Gasteiger partial charge in [0.05, 0.1) is 12.2 Å². The Bertz CT molecular complexity index is 890. The van der Waals surface area contributed by atoms with Crippen LogP contribution in [0.3, 0.4) is 0 Å². The Labute approximate surface area is 170 Å². The van der Waals surface area contributed by atoms with Crippen LogP contribution in [-0.4, -0.2) is 55.9 Å². The quantitative estimate of drug-likeness (QED) is 0.531. The minimum absolute atomic E-state index is 0.0215. The first kappa shape index (κ1) is 21.3. The van der Waals surface area contributed by atoms with Crippen LogP contribution in [0.1, 0.15) is 49.4 Å². The van der Waals surface area contributed by atoms with Gasteiger partial charge in [0.1, 0.15) is 0 Å². The van der Waals surface area contributed by atoms with E-state index in [0.717, 1.165) is 31.9 Å². The fourth-order valence-electron chi connectivity index (χ4n) is 3.93. The number of ether oxygens (including phenoxy) is 1. The first-order valence-corrected chi connectivity index (χ1v) is 11.6. The molecule has 1 N–H and O–H groups in total. The highest BCUT2D eigenvalue weighted by atomic mass is 32.2. The number of hydrogen-bond donors (Lipinski definition) is 1. The monoisotopic (exact) mass is 422 g/mol. The Kier molecular flexibility index (Phi) is 6.26. The van der Waals surface area contributed by atoms with Gasteiger partial charge < -0.3 is 9.64 Å². The largest absolute Gasteiger partial charge is 0.454 e. The van der Waals surface area contributed by atoms with E-state index in [4.69, 9.17) is 4.74 Å². The zero-order valence-corrected chi connectivity index (χ0v) is 17.4. The third-order valence-corrected chi connectivity index (χ3v) is 6.00. The van der Waals surface area contributed by atoms with Crippen molar-refractivity contribution in [3.8, 4) is 0 Å². The van der Waals surface area contributed by atoms with Crippen LogP contribution in [0, 0.1) is 5.92 Å². The van der Waals surface area contributed by atoms with Gasteiger partial charge in [0.15, 0.2) is 6.10 Å². The van der Waals surface area contributed by atoms with Crippen LogP contribution in [0.25, 0.3) is 0 Å². The molecular weight excluding hydrogens is 396 g/mol. The van der Waals surface area contributed by atoms with E-state index in [-0.39, 0.29) is 24.2 Å². The van der Waals surface area contributed by atoms with E-state index in [1.54, 1.807) is 4.90 Å². The molecule has 1 aliphatic carbocycles. The summed E-state index contributed by atoms with van der Waals surface area (Å²) in [6, 6.07) is 6.11. The molecule has 2 fully saturated rings. The zero-order valence-electron chi connectivity index (χ0n) is 16.6. The number of nitrogens with zero attached hydrogens (tertiary/aromatic N) is 1. The van der Waals surface area contributed by atoms with Crippen molar-refractivity contribution in [1.29, 1.82) is 0 Å². The number of rotatable bonds is 7. The first-order valence-electron chi connectivity index (χ1n) is 9.76. The SMILES string of the molecule is C[C@H](OC(=O)[C@H]1CC(=O)N(C2CCCC2)C1)C(=O)c1ccc(NS(C)(=O)=O)cc1. The van der Waals surface area contributed by atoms with Gasteiger partial charge in [0, 0.05) is 30.3 Å². The lowest BCUT2D eigenvalue weighted by atomic mass is 10.1. The molecule has 1 heterocycles.